The van der Waals surface area contributed by atoms with Gasteiger partial charge in [-0.15, -0.1) is 0 Å². The number of aliphatic imine (C=N–C) groups is 1. The molecule has 0 spiro atoms. The molecule has 0 aromatic carbocycles. The molecule has 1 aromatic rings. The van der Waals surface area contributed by atoms with E-state index in [4.69, 9.17) is 0 Å². The molecule has 0 radical (unpaired) electrons. The van der Waals surface area contributed by atoms with E-state index in [0.29, 0.717) is 5.78 Å². The minimum atomic E-state index is 0.287. The maximum Gasteiger partial charge on any atom is 0.167 e. The highest BCUT2D eigenvalue weighted by atomic mass is 16.1. The maximum atomic E-state index is 12.2. The number of hydrogen-bond donors (Lipinski definition) is 0. The van der Waals surface area contributed by atoms with Gasteiger partial charge in [0, 0.05) is 49.6 Å². The van der Waals surface area contributed by atoms with Crippen LogP contribution in [0, 0.1) is 12.8 Å². The fourth-order valence-electron chi connectivity index (χ4n) is 2.11. The van der Waals surface area contributed by atoms with Gasteiger partial charge >= 0.3 is 0 Å². The molecule has 1 heterocycles. The second-order valence-corrected chi connectivity index (χ2v) is 4.99. The molecule has 0 unspecified atom stereocenters. The SMILES string of the molecule is CN=C(C)Cc1c(C(=O)C2CC2)cn(C)c1C. The van der Waals surface area contributed by atoms with E-state index in [2.05, 4.69) is 11.9 Å². The third kappa shape index (κ3) is 2.33. The Morgan fingerprint density at radius 3 is 2.71 bits per heavy atom. The normalized spacial score (nSPS) is 16.4. The van der Waals surface area contributed by atoms with Crippen molar-refractivity contribution in [1.29, 1.82) is 0 Å². The Hall–Kier alpha value is -1.38. The maximum absolute atomic E-state index is 12.2. The minimum Gasteiger partial charge on any atom is -0.354 e. The molecule has 0 atom stereocenters. The third-order valence-corrected chi connectivity index (χ3v) is 3.64. The summed E-state index contributed by atoms with van der Waals surface area (Å²) in [6, 6.07) is 0. The van der Waals surface area contributed by atoms with Gasteiger partial charge in [-0.05, 0) is 32.3 Å². The van der Waals surface area contributed by atoms with Gasteiger partial charge in [-0.3, -0.25) is 9.79 Å². The van der Waals surface area contributed by atoms with Crippen molar-refractivity contribution in [2.75, 3.05) is 7.05 Å². The molecule has 17 heavy (non-hydrogen) atoms. The second kappa shape index (κ2) is 4.47. The van der Waals surface area contributed by atoms with Crippen molar-refractivity contribution in [3.8, 4) is 0 Å². The number of hydrogen-bond acceptors (Lipinski definition) is 2. The number of aromatic nitrogens is 1. The average molecular weight is 232 g/mol. The summed E-state index contributed by atoms with van der Waals surface area (Å²) >= 11 is 0. The number of Topliss-reactive ketones (excluding diaryl/α,β-unsaturated/α-hetero) is 1. The molecule has 0 bridgehead atoms. The molecule has 0 aliphatic heterocycles. The van der Waals surface area contributed by atoms with E-state index in [-0.39, 0.29) is 5.92 Å². The van der Waals surface area contributed by atoms with Crippen molar-refractivity contribution in [1.82, 2.24) is 4.57 Å². The molecular formula is C14H20N2O. The van der Waals surface area contributed by atoms with Gasteiger partial charge in [0.15, 0.2) is 5.78 Å². The lowest BCUT2D eigenvalue weighted by atomic mass is 10.00. The van der Waals surface area contributed by atoms with Crippen LogP contribution in [0.2, 0.25) is 0 Å². The molecule has 1 aliphatic rings. The van der Waals surface area contributed by atoms with Gasteiger partial charge in [0.25, 0.3) is 0 Å². The number of ketones is 1. The van der Waals surface area contributed by atoms with Crippen molar-refractivity contribution in [2.45, 2.75) is 33.1 Å². The summed E-state index contributed by atoms with van der Waals surface area (Å²) in [4.78, 5) is 16.4. The summed E-state index contributed by atoms with van der Waals surface area (Å²) in [6.45, 7) is 4.08. The Morgan fingerprint density at radius 1 is 1.53 bits per heavy atom. The van der Waals surface area contributed by atoms with Crippen LogP contribution in [-0.2, 0) is 13.5 Å². The van der Waals surface area contributed by atoms with Crippen LogP contribution in [0.15, 0.2) is 11.2 Å². The first-order valence-electron chi connectivity index (χ1n) is 6.15. The van der Waals surface area contributed by atoms with Crippen LogP contribution in [0.25, 0.3) is 0 Å². The zero-order valence-corrected chi connectivity index (χ0v) is 11.1. The quantitative estimate of drug-likeness (QED) is 0.580. The Labute approximate surface area is 103 Å². The van der Waals surface area contributed by atoms with Gasteiger partial charge in [0.2, 0.25) is 0 Å². The highest BCUT2D eigenvalue weighted by molar-refractivity contribution is 6.02. The summed E-state index contributed by atoms with van der Waals surface area (Å²) in [5.41, 5.74) is 4.32. The molecule has 3 nitrogen and oxygen atoms in total. The molecule has 0 saturated heterocycles. The number of rotatable bonds is 4. The number of nitrogens with zero attached hydrogens (tertiary/aromatic N) is 2. The molecular weight excluding hydrogens is 212 g/mol. The van der Waals surface area contributed by atoms with Gasteiger partial charge < -0.3 is 4.57 Å². The second-order valence-electron chi connectivity index (χ2n) is 4.99. The Balaban J connectivity index is 2.37. The van der Waals surface area contributed by atoms with E-state index in [9.17, 15) is 4.79 Å². The lowest BCUT2D eigenvalue weighted by Crippen LogP contribution is -2.07. The number of carbonyl (C=O) groups is 1. The minimum absolute atomic E-state index is 0.287. The fraction of sp³-hybridized carbons (Fsp3) is 0.571. The predicted octanol–water partition coefficient (Wildman–Crippen LogP) is 2.56. The van der Waals surface area contributed by atoms with E-state index in [1.807, 2.05) is 24.7 Å². The first kappa shape index (κ1) is 12.1. The van der Waals surface area contributed by atoms with Crippen LogP contribution in [-0.4, -0.2) is 23.1 Å². The van der Waals surface area contributed by atoms with Crippen LogP contribution in [0.5, 0.6) is 0 Å². The molecule has 3 heteroatoms. The first-order chi connectivity index (χ1) is 8.04. The summed E-state index contributed by atoms with van der Waals surface area (Å²) in [5.74, 6) is 0.613. The van der Waals surface area contributed by atoms with Gasteiger partial charge in [-0.1, -0.05) is 0 Å². The van der Waals surface area contributed by atoms with Crippen molar-refractivity contribution < 1.29 is 4.79 Å². The lowest BCUT2D eigenvalue weighted by Gasteiger charge is -2.04. The summed E-state index contributed by atoms with van der Waals surface area (Å²) in [7, 11) is 3.80. The Bertz CT molecular complexity index is 479. The van der Waals surface area contributed by atoms with E-state index in [0.717, 1.165) is 36.1 Å². The summed E-state index contributed by atoms with van der Waals surface area (Å²) < 4.78 is 2.05. The Morgan fingerprint density at radius 2 is 2.18 bits per heavy atom. The van der Waals surface area contributed by atoms with Crippen molar-refractivity contribution in [3.05, 3.63) is 23.0 Å². The zero-order chi connectivity index (χ0) is 12.6. The van der Waals surface area contributed by atoms with Gasteiger partial charge in [-0.25, -0.2) is 0 Å². The lowest BCUT2D eigenvalue weighted by molar-refractivity contribution is 0.0967. The van der Waals surface area contributed by atoms with Crippen LogP contribution in [0.1, 0.15) is 41.4 Å². The molecule has 0 amide bonds. The predicted molar refractivity (Wildman–Crippen MR) is 69.9 cm³/mol. The van der Waals surface area contributed by atoms with E-state index < -0.39 is 0 Å². The van der Waals surface area contributed by atoms with Crippen LogP contribution in [0.3, 0.4) is 0 Å². The molecule has 92 valence electrons. The van der Waals surface area contributed by atoms with E-state index in [1.54, 1.807) is 7.05 Å². The van der Waals surface area contributed by atoms with Crippen LogP contribution >= 0.6 is 0 Å². The van der Waals surface area contributed by atoms with Crippen LogP contribution in [0.4, 0.5) is 0 Å². The topological polar surface area (TPSA) is 34.4 Å². The third-order valence-electron chi connectivity index (χ3n) is 3.64. The van der Waals surface area contributed by atoms with Crippen LogP contribution < -0.4 is 0 Å². The van der Waals surface area contributed by atoms with E-state index in [1.165, 1.54) is 5.69 Å². The first-order valence-corrected chi connectivity index (χ1v) is 6.15. The molecule has 0 N–H and O–H groups in total. The zero-order valence-electron chi connectivity index (χ0n) is 11.1. The summed E-state index contributed by atoms with van der Waals surface area (Å²) in [5, 5.41) is 0. The van der Waals surface area contributed by atoms with Crippen molar-refractivity contribution in [3.63, 3.8) is 0 Å². The van der Waals surface area contributed by atoms with Crippen molar-refractivity contribution >= 4 is 11.5 Å². The molecule has 1 fully saturated rings. The number of carbonyl (C=O) groups excluding carboxylic acids is 1. The van der Waals surface area contributed by atoms with Gasteiger partial charge in [0.1, 0.15) is 0 Å². The highest BCUT2D eigenvalue weighted by Gasteiger charge is 2.32. The highest BCUT2D eigenvalue weighted by Crippen LogP contribution is 2.34. The smallest absolute Gasteiger partial charge is 0.167 e. The van der Waals surface area contributed by atoms with Crippen molar-refractivity contribution in [2.24, 2.45) is 18.0 Å². The van der Waals surface area contributed by atoms with Gasteiger partial charge in [0.05, 0.1) is 0 Å². The largest absolute Gasteiger partial charge is 0.354 e. The molecule has 1 aliphatic carbocycles. The monoisotopic (exact) mass is 232 g/mol. The van der Waals surface area contributed by atoms with Gasteiger partial charge in [-0.2, -0.15) is 0 Å². The standard InChI is InChI=1S/C14H20N2O/c1-9(15-3)7-12-10(2)16(4)8-13(12)14(17)11-5-6-11/h8,11H,5-7H2,1-4H3. The molecule has 2 rings (SSSR count). The fourth-order valence-corrected chi connectivity index (χ4v) is 2.11. The van der Waals surface area contributed by atoms with E-state index >= 15 is 0 Å². The number of aryl methyl sites for hydroxylation is 1. The molecule has 1 saturated carbocycles. The summed E-state index contributed by atoms with van der Waals surface area (Å²) in [6.07, 6.45) is 4.89. The average Bonchev–Trinajstić information content (AvgIpc) is 3.11. The molecule has 1 aromatic heterocycles. The Kier molecular flexibility index (Phi) is 3.18.